The molecule has 1 N–H and O–H groups in total. The van der Waals surface area contributed by atoms with Gasteiger partial charge in [-0.2, -0.15) is 0 Å². The first-order valence-corrected chi connectivity index (χ1v) is 8.87. The van der Waals surface area contributed by atoms with Gasteiger partial charge in [-0.15, -0.1) is 22.7 Å². The van der Waals surface area contributed by atoms with Crippen molar-refractivity contribution < 1.29 is 4.79 Å². The topological polar surface area (TPSA) is 42.0 Å². The lowest BCUT2D eigenvalue weighted by atomic mass is 10.1. The van der Waals surface area contributed by atoms with Crippen LogP contribution in [-0.4, -0.2) is 10.9 Å². The minimum absolute atomic E-state index is 0.0508. The largest absolute Gasteiger partial charge is 0.302 e. The first kappa shape index (κ1) is 14.0. The van der Waals surface area contributed by atoms with E-state index in [4.69, 9.17) is 0 Å². The first-order chi connectivity index (χ1) is 9.70. The van der Waals surface area contributed by atoms with Crippen LogP contribution in [0.3, 0.4) is 0 Å². The molecule has 0 unspecified atom stereocenters. The van der Waals surface area contributed by atoms with Crippen LogP contribution in [0, 0.1) is 5.92 Å². The van der Waals surface area contributed by atoms with E-state index in [1.54, 1.807) is 11.3 Å². The zero-order valence-electron chi connectivity index (χ0n) is 10.6. The molecule has 2 heterocycles. The summed E-state index contributed by atoms with van der Waals surface area (Å²) in [6.07, 6.45) is 7.01. The number of aromatic nitrogens is 1. The van der Waals surface area contributed by atoms with E-state index in [-0.39, 0.29) is 5.91 Å². The molecule has 3 rings (SSSR count). The Hall–Kier alpha value is -0.980. The fourth-order valence-corrected chi connectivity index (χ4v) is 4.32. The van der Waals surface area contributed by atoms with Crippen LogP contribution >= 0.6 is 38.6 Å². The predicted molar refractivity (Wildman–Crippen MR) is 88.2 cm³/mol. The van der Waals surface area contributed by atoms with E-state index >= 15 is 0 Å². The molecular formula is C14H13BrN2OS2. The summed E-state index contributed by atoms with van der Waals surface area (Å²) in [5.74, 6) is 0.442. The van der Waals surface area contributed by atoms with Gasteiger partial charge in [-0.3, -0.25) is 4.79 Å². The first-order valence-electron chi connectivity index (χ1n) is 6.38. The van der Waals surface area contributed by atoms with E-state index in [9.17, 15) is 4.79 Å². The second-order valence-electron chi connectivity index (χ2n) is 4.66. The molecular weight excluding hydrogens is 356 g/mol. The van der Waals surface area contributed by atoms with Crippen molar-refractivity contribution >= 4 is 49.6 Å². The van der Waals surface area contributed by atoms with E-state index < -0.39 is 0 Å². The number of hydrogen-bond donors (Lipinski definition) is 1. The quantitative estimate of drug-likeness (QED) is 0.777. The van der Waals surface area contributed by atoms with Crippen molar-refractivity contribution in [2.45, 2.75) is 19.3 Å². The number of anilines is 1. The summed E-state index contributed by atoms with van der Waals surface area (Å²) in [4.78, 5) is 17.5. The molecule has 104 valence electrons. The molecule has 0 radical (unpaired) electrons. The molecule has 20 heavy (non-hydrogen) atoms. The van der Waals surface area contributed by atoms with E-state index in [2.05, 4.69) is 38.4 Å². The molecule has 0 bridgehead atoms. The molecule has 1 atom stereocenters. The third kappa shape index (κ3) is 3.37. The Morgan fingerprint density at radius 1 is 1.50 bits per heavy atom. The molecule has 1 aliphatic rings. The minimum Gasteiger partial charge on any atom is -0.302 e. The highest BCUT2D eigenvalue weighted by molar-refractivity contribution is 9.11. The molecule has 0 fully saturated rings. The highest BCUT2D eigenvalue weighted by atomic mass is 79.9. The molecule has 0 saturated heterocycles. The monoisotopic (exact) mass is 368 g/mol. The van der Waals surface area contributed by atoms with Crippen LogP contribution in [-0.2, 0) is 4.79 Å². The molecule has 0 spiro atoms. The van der Waals surface area contributed by atoms with Crippen molar-refractivity contribution in [2.24, 2.45) is 5.92 Å². The van der Waals surface area contributed by atoms with Gasteiger partial charge in [0, 0.05) is 11.8 Å². The van der Waals surface area contributed by atoms with Crippen LogP contribution in [0.4, 0.5) is 5.13 Å². The van der Waals surface area contributed by atoms with Gasteiger partial charge in [0.1, 0.15) is 0 Å². The van der Waals surface area contributed by atoms with Crippen molar-refractivity contribution in [3.8, 4) is 10.6 Å². The van der Waals surface area contributed by atoms with Gasteiger partial charge in [-0.25, -0.2) is 4.98 Å². The highest BCUT2D eigenvalue weighted by Gasteiger charge is 2.15. The lowest BCUT2D eigenvalue weighted by Gasteiger charge is -2.06. The van der Waals surface area contributed by atoms with Gasteiger partial charge >= 0.3 is 0 Å². The molecule has 3 nitrogen and oxygen atoms in total. The van der Waals surface area contributed by atoms with Gasteiger partial charge in [0.15, 0.2) is 5.13 Å². The molecule has 0 aromatic carbocycles. The lowest BCUT2D eigenvalue weighted by Crippen LogP contribution is -2.14. The summed E-state index contributed by atoms with van der Waals surface area (Å²) >= 11 is 6.55. The summed E-state index contributed by atoms with van der Waals surface area (Å²) in [7, 11) is 0. The third-order valence-corrected chi connectivity index (χ3v) is 5.54. The second-order valence-corrected chi connectivity index (χ2v) is 7.98. The molecule has 0 saturated carbocycles. The van der Waals surface area contributed by atoms with Gasteiger partial charge in [-0.05, 0) is 46.8 Å². The maximum absolute atomic E-state index is 11.9. The van der Waals surface area contributed by atoms with Gasteiger partial charge in [-0.1, -0.05) is 12.2 Å². The molecule has 2 aromatic rings. The maximum Gasteiger partial charge on any atom is 0.226 e. The number of allylic oxidation sites excluding steroid dienone is 2. The standard InChI is InChI=1S/C14H13BrN2OS2/c15-12-6-5-11(20-12)10-8-19-14(16-10)17-13(18)7-9-3-1-2-4-9/h1,3,5-6,8-9H,2,4,7H2,(H,16,17,18)/t9-/m1/s1. The van der Waals surface area contributed by atoms with Crippen LogP contribution in [0.1, 0.15) is 19.3 Å². The van der Waals surface area contributed by atoms with Crippen LogP contribution in [0.15, 0.2) is 33.5 Å². The molecule has 2 aromatic heterocycles. The Balaban J connectivity index is 1.62. The number of thiazole rings is 1. The number of halogens is 1. The average molecular weight is 369 g/mol. The minimum atomic E-state index is 0.0508. The van der Waals surface area contributed by atoms with E-state index in [0.717, 1.165) is 27.2 Å². The Bertz CT molecular complexity index is 647. The van der Waals surface area contributed by atoms with Gasteiger partial charge in [0.25, 0.3) is 0 Å². The number of nitrogens with zero attached hydrogens (tertiary/aromatic N) is 1. The van der Waals surface area contributed by atoms with Gasteiger partial charge in [0.2, 0.25) is 5.91 Å². The van der Waals surface area contributed by atoms with E-state index in [1.807, 2.05) is 17.5 Å². The summed E-state index contributed by atoms with van der Waals surface area (Å²) in [5.41, 5.74) is 0.918. The second kappa shape index (κ2) is 6.20. The van der Waals surface area contributed by atoms with Crippen LogP contribution in [0.2, 0.25) is 0 Å². The predicted octanol–water partition coefficient (Wildman–Crippen LogP) is 4.93. The Kier molecular flexibility index (Phi) is 4.33. The number of carbonyl (C=O) groups excluding carboxylic acids is 1. The van der Waals surface area contributed by atoms with Crippen LogP contribution in [0.25, 0.3) is 10.6 Å². The van der Waals surface area contributed by atoms with E-state index in [1.165, 1.54) is 11.3 Å². The normalized spacial score (nSPS) is 17.6. The zero-order valence-corrected chi connectivity index (χ0v) is 13.9. The fraction of sp³-hybridized carbons (Fsp3) is 0.286. The number of carbonyl (C=O) groups is 1. The van der Waals surface area contributed by atoms with Crippen molar-refractivity contribution in [3.05, 3.63) is 33.5 Å². The maximum atomic E-state index is 11.9. The van der Waals surface area contributed by atoms with Crippen molar-refractivity contribution in [1.29, 1.82) is 0 Å². The van der Waals surface area contributed by atoms with E-state index in [0.29, 0.717) is 17.5 Å². The highest BCUT2D eigenvalue weighted by Crippen LogP contribution is 2.33. The number of rotatable bonds is 4. The zero-order chi connectivity index (χ0) is 13.9. The molecule has 0 aliphatic heterocycles. The average Bonchev–Trinajstić information content (AvgIpc) is 3.10. The number of thiophene rings is 1. The third-order valence-electron chi connectivity index (χ3n) is 3.14. The Morgan fingerprint density at radius 2 is 2.40 bits per heavy atom. The Labute approximate surface area is 133 Å². The molecule has 1 amide bonds. The van der Waals surface area contributed by atoms with Crippen LogP contribution in [0.5, 0.6) is 0 Å². The van der Waals surface area contributed by atoms with Gasteiger partial charge < -0.3 is 5.32 Å². The fourth-order valence-electron chi connectivity index (χ4n) is 2.17. The van der Waals surface area contributed by atoms with Crippen molar-refractivity contribution in [1.82, 2.24) is 4.98 Å². The Morgan fingerprint density at radius 3 is 3.10 bits per heavy atom. The number of amides is 1. The molecule has 6 heteroatoms. The number of nitrogens with one attached hydrogen (secondary N) is 1. The number of hydrogen-bond acceptors (Lipinski definition) is 4. The summed E-state index contributed by atoms with van der Waals surface area (Å²) in [5, 5.41) is 5.55. The summed E-state index contributed by atoms with van der Waals surface area (Å²) in [6.45, 7) is 0. The summed E-state index contributed by atoms with van der Waals surface area (Å²) < 4.78 is 1.08. The summed E-state index contributed by atoms with van der Waals surface area (Å²) in [6, 6.07) is 4.03. The van der Waals surface area contributed by atoms with Crippen molar-refractivity contribution in [3.63, 3.8) is 0 Å². The van der Waals surface area contributed by atoms with Crippen molar-refractivity contribution in [2.75, 3.05) is 5.32 Å². The van der Waals surface area contributed by atoms with Crippen LogP contribution < -0.4 is 5.32 Å². The molecule has 1 aliphatic carbocycles. The smallest absolute Gasteiger partial charge is 0.226 e. The SMILES string of the molecule is O=C(C[C@@H]1C=CCC1)Nc1nc(-c2ccc(Br)s2)cs1. The van der Waals surface area contributed by atoms with Gasteiger partial charge in [0.05, 0.1) is 14.4 Å². The lowest BCUT2D eigenvalue weighted by molar-refractivity contribution is -0.116.